The van der Waals surface area contributed by atoms with Gasteiger partial charge in [0.15, 0.2) is 0 Å². The minimum atomic E-state index is 0.345. The standard InChI is InChI=1S/C17H18BrN3/c1-11(2)21-16-8-3-12(10-19)9-15(16)20-17(21)13-4-6-14(18)7-5-13/h3-9,11H,10,19H2,1-2H3. The number of benzene rings is 2. The molecule has 3 aromatic rings. The van der Waals surface area contributed by atoms with Crippen molar-refractivity contribution in [1.29, 1.82) is 0 Å². The SMILES string of the molecule is CC(C)n1c(-c2ccc(Br)cc2)nc2cc(CN)ccc21. The number of halogens is 1. The molecule has 108 valence electrons. The molecular formula is C17H18BrN3. The van der Waals surface area contributed by atoms with Gasteiger partial charge in [0.2, 0.25) is 0 Å². The second-order valence-electron chi connectivity index (χ2n) is 5.43. The molecule has 0 saturated heterocycles. The summed E-state index contributed by atoms with van der Waals surface area (Å²) < 4.78 is 3.35. The molecule has 0 atom stereocenters. The van der Waals surface area contributed by atoms with Gasteiger partial charge in [-0.25, -0.2) is 4.98 Å². The lowest BCUT2D eigenvalue weighted by Gasteiger charge is -2.13. The molecule has 0 unspecified atom stereocenters. The first kappa shape index (κ1) is 14.3. The Bertz CT molecular complexity index is 773. The molecule has 0 spiro atoms. The highest BCUT2D eigenvalue weighted by Gasteiger charge is 2.15. The summed E-state index contributed by atoms with van der Waals surface area (Å²) in [5.41, 5.74) is 10.1. The van der Waals surface area contributed by atoms with Crippen LogP contribution in [0.5, 0.6) is 0 Å². The lowest BCUT2D eigenvalue weighted by Crippen LogP contribution is -2.03. The normalized spacial score (nSPS) is 11.5. The fraction of sp³-hybridized carbons (Fsp3) is 0.235. The van der Waals surface area contributed by atoms with Crippen molar-refractivity contribution in [3.63, 3.8) is 0 Å². The van der Waals surface area contributed by atoms with E-state index in [0.29, 0.717) is 12.6 Å². The van der Waals surface area contributed by atoms with E-state index in [2.05, 4.69) is 64.7 Å². The van der Waals surface area contributed by atoms with Crippen molar-refractivity contribution in [1.82, 2.24) is 9.55 Å². The highest BCUT2D eigenvalue weighted by Crippen LogP contribution is 2.29. The molecule has 0 aliphatic rings. The number of nitrogens with zero attached hydrogens (tertiary/aromatic N) is 2. The van der Waals surface area contributed by atoms with Gasteiger partial charge in [0.1, 0.15) is 5.82 Å². The average molecular weight is 344 g/mol. The van der Waals surface area contributed by atoms with Crippen molar-refractivity contribution < 1.29 is 0 Å². The van der Waals surface area contributed by atoms with Gasteiger partial charge in [0.05, 0.1) is 11.0 Å². The third-order valence-corrected chi connectivity index (χ3v) is 4.14. The van der Waals surface area contributed by atoms with Crippen molar-refractivity contribution >= 4 is 27.0 Å². The van der Waals surface area contributed by atoms with Crippen molar-refractivity contribution in [2.45, 2.75) is 26.4 Å². The minimum absolute atomic E-state index is 0.345. The molecule has 2 aromatic carbocycles. The topological polar surface area (TPSA) is 43.8 Å². The average Bonchev–Trinajstić information content (AvgIpc) is 2.86. The van der Waals surface area contributed by atoms with Gasteiger partial charge in [-0.1, -0.05) is 34.1 Å². The Hall–Kier alpha value is -1.65. The van der Waals surface area contributed by atoms with Crippen LogP contribution in [0.25, 0.3) is 22.4 Å². The first-order valence-corrected chi connectivity index (χ1v) is 7.86. The summed E-state index contributed by atoms with van der Waals surface area (Å²) in [6.07, 6.45) is 0. The van der Waals surface area contributed by atoms with E-state index in [0.717, 1.165) is 32.5 Å². The summed E-state index contributed by atoms with van der Waals surface area (Å²) in [5, 5.41) is 0. The predicted octanol–water partition coefficient (Wildman–Crippen LogP) is 4.51. The molecule has 4 heteroatoms. The minimum Gasteiger partial charge on any atom is -0.326 e. The Labute approximate surface area is 132 Å². The monoisotopic (exact) mass is 343 g/mol. The van der Waals surface area contributed by atoms with Crippen LogP contribution in [0, 0.1) is 0 Å². The molecule has 0 saturated carbocycles. The van der Waals surface area contributed by atoms with Crippen LogP contribution in [0.3, 0.4) is 0 Å². The van der Waals surface area contributed by atoms with Crippen molar-refractivity contribution in [2.75, 3.05) is 0 Å². The van der Waals surface area contributed by atoms with Gasteiger partial charge in [-0.2, -0.15) is 0 Å². The van der Waals surface area contributed by atoms with Gasteiger partial charge in [0.25, 0.3) is 0 Å². The number of nitrogens with two attached hydrogens (primary N) is 1. The number of hydrogen-bond acceptors (Lipinski definition) is 2. The Kier molecular flexibility index (Phi) is 3.83. The van der Waals surface area contributed by atoms with E-state index in [-0.39, 0.29) is 0 Å². The smallest absolute Gasteiger partial charge is 0.141 e. The maximum atomic E-state index is 5.73. The van der Waals surface area contributed by atoms with E-state index in [4.69, 9.17) is 10.7 Å². The molecule has 0 aliphatic carbocycles. The van der Waals surface area contributed by atoms with E-state index in [1.165, 1.54) is 0 Å². The summed E-state index contributed by atoms with van der Waals surface area (Å²) in [4.78, 5) is 4.83. The molecular weight excluding hydrogens is 326 g/mol. The van der Waals surface area contributed by atoms with Gasteiger partial charge >= 0.3 is 0 Å². The Morgan fingerprint density at radius 2 is 1.86 bits per heavy atom. The third-order valence-electron chi connectivity index (χ3n) is 3.61. The highest BCUT2D eigenvalue weighted by molar-refractivity contribution is 9.10. The van der Waals surface area contributed by atoms with Gasteiger partial charge in [0, 0.05) is 22.6 Å². The van der Waals surface area contributed by atoms with Crippen LogP contribution >= 0.6 is 15.9 Å². The zero-order valence-electron chi connectivity index (χ0n) is 12.2. The summed E-state index contributed by atoms with van der Waals surface area (Å²) in [6.45, 7) is 4.90. The Morgan fingerprint density at radius 3 is 2.48 bits per heavy atom. The van der Waals surface area contributed by atoms with Crippen LogP contribution in [0.15, 0.2) is 46.9 Å². The molecule has 1 heterocycles. The third kappa shape index (κ3) is 2.61. The van der Waals surface area contributed by atoms with Crippen LogP contribution in [-0.4, -0.2) is 9.55 Å². The second kappa shape index (κ2) is 5.62. The van der Waals surface area contributed by atoms with E-state index in [9.17, 15) is 0 Å². The lowest BCUT2D eigenvalue weighted by molar-refractivity contribution is 0.624. The molecule has 0 radical (unpaired) electrons. The quantitative estimate of drug-likeness (QED) is 0.760. The lowest BCUT2D eigenvalue weighted by atomic mass is 10.2. The van der Waals surface area contributed by atoms with E-state index in [1.807, 2.05) is 12.1 Å². The first-order chi connectivity index (χ1) is 10.1. The summed E-state index contributed by atoms with van der Waals surface area (Å²) in [6, 6.07) is 14.9. The molecule has 0 bridgehead atoms. The van der Waals surface area contributed by atoms with Gasteiger partial charge < -0.3 is 10.3 Å². The van der Waals surface area contributed by atoms with E-state index >= 15 is 0 Å². The predicted molar refractivity (Wildman–Crippen MR) is 91.1 cm³/mol. The number of aromatic nitrogens is 2. The van der Waals surface area contributed by atoms with Crippen LogP contribution < -0.4 is 5.73 Å². The molecule has 3 nitrogen and oxygen atoms in total. The van der Waals surface area contributed by atoms with Crippen LogP contribution in [-0.2, 0) is 6.54 Å². The van der Waals surface area contributed by atoms with Crippen LogP contribution in [0.1, 0.15) is 25.5 Å². The maximum Gasteiger partial charge on any atom is 0.141 e. The Balaban J connectivity index is 2.25. The molecule has 21 heavy (non-hydrogen) atoms. The molecule has 0 aliphatic heterocycles. The largest absolute Gasteiger partial charge is 0.326 e. The maximum absolute atomic E-state index is 5.73. The fourth-order valence-electron chi connectivity index (χ4n) is 2.60. The fourth-order valence-corrected chi connectivity index (χ4v) is 2.86. The number of imidazole rings is 1. The van der Waals surface area contributed by atoms with Crippen molar-refractivity contribution in [3.05, 3.63) is 52.5 Å². The molecule has 0 amide bonds. The first-order valence-electron chi connectivity index (χ1n) is 7.07. The van der Waals surface area contributed by atoms with Crippen LogP contribution in [0.4, 0.5) is 0 Å². The number of hydrogen-bond donors (Lipinski definition) is 1. The van der Waals surface area contributed by atoms with Gasteiger partial charge in [-0.15, -0.1) is 0 Å². The van der Waals surface area contributed by atoms with Crippen LogP contribution in [0.2, 0.25) is 0 Å². The summed E-state index contributed by atoms with van der Waals surface area (Å²) >= 11 is 3.48. The second-order valence-corrected chi connectivity index (χ2v) is 6.35. The zero-order valence-corrected chi connectivity index (χ0v) is 13.8. The molecule has 3 rings (SSSR count). The molecule has 0 fully saturated rings. The highest BCUT2D eigenvalue weighted by atomic mass is 79.9. The molecule has 1 aromatic heterocycles. The van der Waals surface area contributed by atoms with Crippen molar-refractivity contribution in [3.8, 4) is 11.4 Å². The summed E-state index contributed by atoms with van der Waals surface area (Å²) in [5.74, 6) is 1.00. The molecule has 2 N–H and O–H groups in total. The Morgan fingerprint density at radius 1 is 1.14 bits per heavy atom. The summed E-state index contributed by atoms with van der Waals surface area (Å²) in [7, 11) is 0. The van der Waals surface area contributed by atoms with Gasteiger partial charge in [-0.3, -0.25) is 0 Å². The zero-order chi connectivity index (χ0) is 15.0. The number of rotatable bonds is 3. The van der Waals surface area contributed by atoms with E-state index < -0.39 is 0 Å². The number of fused-ring (bicyclic) bond motifs is 1. The van der Waals surface area contributed by atoms with Gasteiger partial charge in [-0.05, 0) is 43.7 Å². The van der Waals surface area contributed by atoms with Crippen molar-refractivity contribution in [2.24, 2.45) is 5.73 Å². The van der Waals surface area contributed by atoms with E-state index in [1.54, 1.807) is 0 Å².